The minimum absolute atomic E-state index is 0.00242. The van der Waals surface area contributed by atoms with Crippen LogP contribution in [-0.2, 0) is 9.53 Å². The average Bonchev–Trinajstić information content (AvgIpc) is 3.68. The normalized spacial score (nSPS) is 14.8. The molecule has 0 aliphatic carbocycles. The number of aryl methyl sites for hydroxylation is 1. The first-order valence-corrected chi connectivity index (χ1v) is 13.6. The number of aliphatic hydroxyl groups excluding tert-OH is 1. The monoisotopic (exact) mass is 586 g/mol. The summed E-state index contributed by atoms with van der Waals surface area (Å²) in [5.74, 6) is -2.19. The zero-order valence-corrected chi connectivity index (χ0v) is 23.6. The number of carbonyl (C=O) groups is 3. The van der Waals surface area contributed by atoms with E-state index in [1.54, 1.807) is 55.5 Å². The minimum atomic E-state index is -1.13. The van der Waals surface area contributed by atoms with Gasteiger partial charge >= 0.3 is 5.97 Å². The molecule has 1 aliphatic rings. The van der Waals surface area contributed by atoms with Gasteiger partial charge in [0.25, 0.3) is 5.91 Å². The van der Waals surface area contributed by atoms with Gasteiger partial charge in [-0.05, 0) is 36.8 Å². The van der Waals surface area contributed by atoms with Crippen molar-refractivity contribution in [1.82, 2.24) is 4.98 Å². The van der Waals surface area contributed by atoms with Crippen LogP contribution in [0.15, 0.2) is 89.6 Å². The van der Waals surface area contributed by atoms with Crippen LogP contribution in [0.25, 0.3) is 11.0 Å². The molecule has 1 N–H and O–H groups in total. The maximum absolute atomic E-state index is 14.0. The molecule has 0 radical (unpaired) electrons. The van der Waals surface area contributed by atoms with E-state index >= 15 is 0 Å². The summed E-state index contributed by atoms with van der Waals surface area (Å²) >= 11 is 0.907. The molecule has 0 spiro atoms. The number of hydrogen-bond donors (Lipinski definition) is 1. The molecular formula is C31H26N2O8S. The van der Waals surface area contributed by atoms with Gasteiger partial charge in [0.05, 0.1) is 24.4 Å². The fourth-order valence-electron chi connectivity index (χ4n) is 4.60. The number of anilines is 1. The number of nitrogens with zero attached hydrogens (tertiary/aromatic N) is 2. The van der Waals surface area contributed by atoms with Gasteiger partial charge in [0.2, 0.25) is 5.78 Å². The van der Waals surface area contributed by atoms with Gasteiger partial charge in [0.1, 0.15) is 23.8 Å². The van der Waals surface area contributed by atoms with E-state index in [0.29, 0.717) is 33.7 Å². The fourth-order valence-corrected chi connectivity index (χ4v) is 5.58. The van der Waals surface area contributed by atoms with Crippen molar-refractivity contribution in [3.8, 4) is 11.5 Å². The van der Waals surface area contributed by atoms with E-state index in [1.165, 1.54) is 24.2 Å². The predicted molar refractivity (Wildman–Crippen MR) is 156 cm³/mol. The second-order valence-electron chi connectivity index (χ2n) is 9.13. The highest BCUT2D eigenvalue weighted by atomic mass is 32.1. The summed E-state index contributed by atoms with van der Waals surface area (Å²) in [4.78, 5) is 46.1. The van der Waals surface area contributed by atoms with Gasteiger partial charge in [0.15, 0.2) is 28.0 Å². The highest BCUT2D eigenvalue weighted by Crippen LogP contribution is 2.45. The second kappa shape index (κ2) is 11.8. The molecular weight excluding hydrogens is 560 g/mol. The Morgan fingerprint density at radius 2 is 1.90 bits per heavy atom. The predicted octanol–water partition coefficient (Wildman–Crippen LogP) is 5.90. The Morgan fingerprint density at radius 1 is 1.14 bits per heavy atom. The molecule has 214 valence electrons. The number of carbonyl (C=O) groups excluding carboxylic acids is 3. The maximum Gasteiger partial charge on any atom is 0.350 e. The van der Waals surface area contributed by atoms with Gasteiger partial charge < -0.3 is 23.7 Å². The number of hydrogen-bond acceptors (Lipinski definition) is 10. The van der Waals surface area contributed by atoms with E-state index in [4.69, 9.17) is 18.6 Å². The lowest BCUT2D eigenvalue weighted by molar-refractivity contribution is -0.117. The number of methoxy groups -OCH3 is 1. The Kier molecular flexibility index (Phi) is 7.94. The number of fused-ring (bicyclic) bond motifs is 1. The van der Waals surface area contributed by atoms with E-state index < -0.39 is 29.5 Å². The molecule has 1 atom stereocenters. The first-order chi connectivity index (χ1) is 20.3. The van der Waals surface area contributed by atoms with Crippen LogP contribution in [-0.4, -0.2) is 48.1 Å². The third-order valence-electron chi connectivity index (χ3n) is 6.46. The van der Waals surface area contributed by atoms with Gasteiger partial charge in [-0.25, -0.2) is 9.78 Å². The quantitative estimate of drug-likeness (QED) is 0.130. The molecule has 1 unspecified atom stereocenters. The molecule has 11 heteroatoms. The Bertz CT molecular complexity index is 1770. The van der Waals surface area contributed by atoms with Crippen molar-refractivity contribution < 1.29 is 38.1 Å². The van der Waals surface area contributed by atoms with Crippen LogP contribution in [0.1, 0.15) is 37.5 Å². The lowest BCUT2D eigenvalue weighted by Gasteiger charge is -2.24. The molecule has 3 heterocycles. The summed E-state index contributed by atoms with van der Waals surface area (Å²) in [7, 11) is 1.48. The average molecular weight is 587 g/mol. The van der Waals surface area contributed by atoms with E-state index in [1.807, 2.05) is 0 Å². The highest BCUT2D eigenvalue weighted by molar-refractivity contribution is 7.17. The Morgan fingerprint density at radius 3 is 2.64 bits per heavy atom. The van der Waals surface area contributed by atoms with Crippen molar-refractivity contribution in [3.05, 3.63) is 107 Å². The molecule has 0 saturated heterocycles. The number of furan rings is 1. The summed E-state index contributed by atoms with van der Waals surface area (Å²) in [6.07, 6.45) is 3.02. The van der Waals surface area contributed by atoms with Crippen molar-refractivity contribution >= 4 is 45.1 Å². The van der Waals surface area contributed by atoms with Crippen LogP contribution in [0.3, 0.4) is 0 Å². The number of aromatic nitrogens is 1. The van der Waals surface area contributed by atoms with Gasteiger partial charge in [-0.15, -0.1) is 0 Å². The molecule has 42 heavy (non-hydrogen) atoms. The van der Waals surface area contributed by atoms with E-state index in [9.17, 15) is 19.5 Å². The molecule has 1 aliphatic heterocycles. The number of thiazole rings is 1. The highest BCUT2D eigenvalue weighted by Gasteiger charge is 2.47. The summed E-state index contributed by atoms with van der Waals surface area (Å²) in [6.45, 7) is 9.03. The van der Waals surface area contributed by atoms with Crippen LogP contribution >= 0.6 is 11.3 Å². The van der Waals surface area contributed by atoms with Crippen molar-refractivity contribution in [2.75, 3.05) is 25.2 Å². The first kappa shape index (κ1) is 28.4. The lowest BCUT2D eigenvalue weighted by atomic mass is 9.95. The van der Waals surface area contributed by atoms with Crippen LogP contribution in [0.4, 0.5) is 5.13 Å². The molecule has 10 nitrogen and oxygen atoms in total. The Hall–Kier alpha value is -5.16. The molecule has 5 rings (SSSR count). The minimum Gasteiger partial charge on any atom is -0.503 e. The zero-order chi connectivity index (χ0) is 30.0. The molecule has 1 amide bonds. The number of Topliss-reactive ketones (excluding diaryl/α,β-unsaturated/α-hetero) is 1. The van der Waals surface area contributed by atoms with E-state index in [2.05, 4.69) is 18.1 Å². The summed E-state index contributed by atoms with van der Waals surface area (Å²) < 4.78 is 22.1. The molecule has 2 aromatic carbocycles. The zero-order valence-electron chi connectivity index (χ0n) is 22.8. The number of ketones is 1. The van der Waals surface area contributed by atoms with Crippen LogP contribution in [0.5, 0.6) is 11.5 Å². The number of ether oxygens (including phenoxy) is 3. The van der Waals surface area contributed by atoms with Crippen molar-refractivity contribution in [2.45, 2.75) is 13.0 Å². The second-order valence-corrected chi connectivity index (χ2v) is 10.1. The largest absolute Gasteiger partial charge is 0.503 e. The third kappa shape index (κ3) is 5.06. The standard InChI is InChI=1S/C31H26N2O8S/c1-5-13-39-20-11-7-9-18(15-20)24-23(25(34)22-16-19-10-8-12-21(38-4)27(19)41-22)26(35)29(36)33(24)31-32-17(3)28(42-31)30(37)40-14-6-2/h5-12,15-16,24,35H,1-2,13-14H2,3-4H3. The topological polar surface area (TPSA) is 128 Å². The molecule has 0 bridgehead atoms. The SMILES string of the molecule is C=CCOC(=O)c1sc(N2C(=O)C(O)=C(C(=O)c3cc4cccc(OC)c4o3)C2c2cccc(OCC=C)c2)nc1C. The number of amides is 1. The van der Waals surface area contributed by atoms with Gasteiger partial charge in [0, 0.05) is 5.39 Å². The number of para-hydroxylation sites is 1. The first-order valence-electron chi connectivity index (χ1n) is 12.8. The van der Waals surface area contributed by atoms with Crippen LogP contribution in [0.2, 0.25) is 0 Å². The Balaban J connectivity index is 1.63. The van der Waals surface area contributed by atoms with Crippen LogP contribution in [0, 0.1) is 6.92 Å². The van der Waals surface area contributed by atoms with Gasteiger partial charge in [-0.3, -0.25) is 14.5 Å². The van der Waals surface area contributed by atoms with Crippen LogP contribution < -0.4 is 14.4 Å². The van der Waals surface area contributed by atoms with Crippen molar-refractivity contribution in [2.24, 2.45) is 0 Å². The Labute approximate surface area is 244 Å². The van der Waals surface area contributed by atoms with Crippen molar-refractivity contribution in [1.29, 1.82) is 0 Å². The molecule has 2 aromatic heterocycles. The summed E-state index contributed by atoms with van der Waals surface area (Å²) in [5.41, 5.74) is 0.902. The van der Waals surface area contributed by atoms with E-state index in [0.717, 1.165) is 11.3 Å². The van der Waals surface area contributed by atoms with E-state index in [-0.39, 0.29) is 34.6 Å². The van der Waals surface area contributed by atoms with Crippen molar-refractivity contribution in [3.63, 3.8) is 0 Å². The maximum atomic E-state index is 14.0. The van der Waals surface area contributed by atoms with Gasteiger partial charge in [-0.1, -0.05) is 60.9 Å². The molecule has 4 aromatic rings. The smallest absolute Gasteiger partial charge is 0.350 e. The summed E-state index contributed by atoms with van der Waals surface area (Å²) in [5, 5.41) is 11.9. The summed E-state index contributed by atoms with van der Waals surface area (Å²) in [6, 6.07) is 12.4. The fraction of sp³-hybridized carbons (Fsp3) is 0.161. The molecule has 0 saturated carbocycles. The number of benzene rings is 2. The third-order valence-corrected chi connectivity index (χ3v) is 7.59. The van der Waals surface area contributed by atoms with Gasteiger partial charge in [-0.2, -0.15) is 0 Å². The number of aliphatic hydroxyl groups is 1. The number of rotatable bonds is 11. The lowest BCUT2D eigenvalue weighted by Crippen LogP contribution is -2.31. The number of esters is 1. The molecule has 0 fully saturated rings.